The van der Waals surface area contributed by atoms with Crippen LogP contribution in [0.2, 0.25) is 10.0 Å². The lowest BCUT2D eigenvalue weighted by molar-refractivity contribution is 0.617. The van der Waals surface area contributed by atoms with Crippen molar-refractivity contribution in [2.24, 2.45) is 10.7 Å². The highest BCUT2D eigenvalue weighted by molar-refractivity contribution is 6.42. The van der Waals surface area contributed by atoms with Crippen LogP contribution in [-0.2, 0) is 0 Å². The van der Waals surface area contributed by atoms with E-state index < -0.39 is 12.0 Å². The molecule has 1 unspecified atom stereocenters. The monoisotopic (exact) mass is 324 g/mol. The minimum absolute atomic E-state index is 0.144. The number of aliphatic imine (C=N–C) groups is 1. The molecular formula is C14H11Cl2FN4. The molecule has 1 aliphatic heterocycles. The van der Waals surface area contributed by atoms with Crippen molar-refractivity contribution in [3.05, 3.63) is 51.8 Å². The number of rotatable bonds is 1. The van der Waals surface area contributed by atoms with Crippen LogP contribution in [0.1, 0.15) is 11.7 Å². The summed E-state index contributed by atoms with van der Waals surface area (Å²) < 4.78 is 14.1. The molecule has 4 nitrogen and oxygen atoms in total. The van der Waals surface area contributed by atoms with Crippen LogP contribution < -0.4 is 16.4 Å². The molecule has 0 saturated heterocycles. The van der Waals surface area contributed by atoms with Crippen LogP contribution in [0.5, 0.6) is 0 Å². The number of hydrogen-bond acceptors (Lipinski definition) is 4. The summed E-state index contributed by atoms with van der Waals surface area (Å²) in [6, 6.07) is 7.79. The maximum atomic E-state index is 14.1. The third-order valence-electron chi connectivity index (χ3n) is 3.26. The molecule has 2 aromatic carbocycles. The van der Waals surface area contributed by atoms with E-state index in [9.17, 15) is 4.39 Å². The molecule has 7 heteroatoms. The van der Waals surface area contributed by atoms with Gasteiger partial charge in [-0.15, -0.1) is 0 Å². The van der Waals surface area contributed by atoms with Crippen molar-refractivity contribution in [1.29, 1.82) is 0 Å². The van der Waals surface area contributed by atoms with Crippen LogP contribution in [0.25, 0.3) is 0 Å². The van der Waals surface area contributed by atoms with Gasteiger partial charge in [-0.1, -0.05) is 23.2 Å². The van der Waals surface area contributed by atoms with Gasteiger partial charge in [0, 0.05) is 11.3 Å². The van der Waals surface area contributed by atoms with Crippen molar-refractivity contribution in [2.45, 2.75) is 6.17 Å². The Morgan fingerprint density at radius 3 is 2.62 bits per heavy atom. The second-order valence-electron chi connectivity index (χ2n) is 4.63. The van der Waals surface area contributed by atoms with Crippen LogP contribution in [0.4, 0.5) is 21.5 Å². The molecule has 0 aromatic heterocycles. The van der Waals surface area contributed by atoms with Gasteiger partial charge < -0.3 is 16.4 Å². The van der Waals surface area contributed by atoms with E-state index in [0.717, 1.165) is 6.07 Å². The topological polar surface area (TPSA) is 67.6 Å². The van der Waals surface area contributed by atoms with E-state index >= 15 is 0 Å². The van der Waals surface area contributed by atoms with Gasteiger partial charge in [0.15, 0.2) is 0 Å². The molecular weight excluding hydrogens is 314 g/mol. The molecule has 108 valence electrons. The lowest BCUT2D eigenvalue weighted by Crippen LogP contribution is -2.36. The van der Waals surface area contributed by atoms with Crippen LogP contribution in [-0.4, -0.2) is 6.34 Å². The highest BCUT2D eigenvalue weighted by Gasteiger charge is 2.25. The van der Waals surface area contributed by atoms with Gasteiger partial charge in [-0.3, -0.25) is 0 Å². The molecule has 0 amide bonds. The summed E-state index contributed by atoms with van der Waals surface area (Å²) in [5, 5.41) is 0.386. The van der Waals surface area contributed by atoms with Crippen molar-refractivity contribution >= 4 is 46.6 Å². The van der Waals surface area contributed by atoms with Crippen LogP contribution >= 0.6 is 23.2 Å². The van der Waals surface area contributed by atoms with E-state index in [-0.39, 0.29) is 15.7 Å². The molecule has 0 fully saturated rings. The van der Waals surface area contributed by atoms with Gasteiger partial charge in [-0.05, 0) is 30.3 Å². The highest BCUT2D eigenvalue weighted by atomic mass is 35.5. The summed E-state index contributed by atoms with van der Waals surface area (Å²) in [5.41, 5.74) is 14.1. The molecule has 4 N–H and O–H groups in total. The van der Waals surface area contributed by atoms with Gasteiger partial charge in [0.2, 0.25) is 0 Å². The first-order chi connectivity index (χ1) is 9.97. The summed E-state index contributed by atoms with van der Waals surface area (Å²) in [6.07, 6.45) is 0.846. The lowest BCUT2D eigenvalue weighted by Gasteiger charge is -2.31. The molecule has 3 rings (SSSR count). The molecule has 2 aromatic rings. The van der Waals surface area contributed by atoms with Crippen molar-refractivity contribution < 1.29 is 4.39 Å². The molecule has 21 heavy (non-hydrogen) atoms. The van der Waals surface area contributed by atoms with Gasteiger partial charge in [0.05, 0.1) is 27.8 Å². The Kier molecular flexibility index (Phi) is 3.49. The first-order valence-electron chi connectivity index (χ1n) is 6.09. The Hall–Kier alpha value is -1.82. The van der Waals surface area contributed by atoms with Crippen LogP contribution in [0.15, 0.2) is 35.3 Å². The molecule has 0 radical (unpaired) electrons. The largest absolute Gasteiger partial charge is 0.399 e. The number of nitrogen functional groups attached to an aromatic ring is 1. The van der Waals surface area contributed by atoms with Crippen molar-refractivity contribution in [3.8, 4) is 0 Å². The summed E-state index contributed by atoms with van der Waals surface area (Å²) in [7, 11) is 0. The van der Waals surface area contributed by atoms with Gasteiger partial charge in [-0.25, -0.2) is 9.38 Å². The third-order valence-corrected chi connectivity index (χ3v) is 3.98. The Morgan fingerprint density at radius 2 is 1.86 bits per heavy atom. The molecule has 1 heterocycles. The summed E-state index contributed by atoms with van der Waals surface area (Å²) >= 11 is 11.7. The highest BCUT2D eigenvalue weighted by Crippen LogP contribution is 2.37. The van der Waals surface area contributed by atoms with Gasteiger partial charge in [-0.2, -0.15) is 0 Å². The van der Waals surface area contributed by atoms with E-state index in [1.54, 1.807) is 18.2 Å². The van der Waals surface area contributed by atoms with Crippen molar-refractivity contribution in [1.82, 2.24) is 0 Å². The number of benzene rings is 2. The number of nitrogens with two attached hydrogens (primary N) is 2. The van der Waals surface area contributed by atoms with E-state index in [1.807, 2.05) is 0 Å². The molecule has 1 atom stereocenters. The first-order valence-corrected chi connectivity index (χ1v) is 6.85. The van der Waals surface area contributed by atoms with Crippen molar-refractivity contribution in [2.75, 3.05) is 10.6 Å². The standard InChI is InChI=1S/C14H11Cl2FN4/c15-9-4-11(17)13(5-10(9)16)21-6-20-12-2-1-7(18)3-8(12)14(21)19/h1-6,14H,18-19H2. The van der Waals surface area contributed by atoms with E-state index in [0.29, 0.717) is 16.9 Å². The number of anilines is 2. The molecule has 0 saturated carbocycles. The lowest BCUT2D eigenvalue weighted by atomic mass is 10.1. The summed E-state index contributed by atoms with van der Waals surface area (Å²) in [5.74, 6) is -0.529. The molecule has 0 aliphatic carbocycles. The molecule has 0 bridgehead atoms. The Bertz CT molecular complexity index is 748. The van der Waals surface area contributed by atoms with Crippen molar-refractivity contribution in [3.63, 3.8) is 0 Å². The fourth-order valence-corrected chi connectivity index (χ4v) is 2.50. The zero-order valence-electron chi connectivity index (χ0n) is 10.7. The number of fused-ring (bicyclic) bond motifs is 1. The number of halogens is 3. The smallest absolute Gasteiger partial charge is 0.148 e. The Morgan fingerprint density at radius 1 is 1.14 bits per heavy atom. The van der Waals surface area contributed by atoms with Gasteiger partial charge in [0.25, 0.3) is 0 Å². The van der Waals surface area contributed by atoms with E-state index in [1.165, 1.54) is 17.3 Å². The van der Waals surface area contributed by atoms with E-state index in [4.69, 9.17) is 34.7 Å². The fourth-order valence-electron chi connectivity index (χ4n) is 2.20. The average Bonchev–Trinajstić information content (AvgIpc) is 2.44. The fraction of sp³-hybridized carbons (Fsp3) is 0.0714. The second kappa shape index (κ2) is 5.18. The minimum atomic E-state index is -0.618. The minimum Gasteiger partial charge on any atom is -0.399 e. The zero-order valence-corrected chi connectivity index (χ0v) is 12.2. The first kappa shape index (κ1) is 14.1. The second-order valence-corrected chi connectivity index (χ2v) is 5.45. The SMILES string of the molecule is Nc1ccc2c(c1)C(N)N(c1cc(Cl)c(Cl)cc1F)C=N2. The molecule has 1 aliphatic rings. The maximum Gasteiger partial charge on any atom is 0.148 e. The van der Waals surface area contributed by atoms with Gasteiger partial charge >= 0.3 is 0 Å². The number of nitrogens with zero attached hydrogens (tertiary/aromatic N) is 2. The zero-order chi connectivity index (χ0) is 15.1. The maximum absolute atomic E-state index is 14.1. The average molecular weight is 325 g/mol. The quantitative estimate of drug-likeness (QED) is 0.618. The Balaban J connectivity index is 2.08. The summed E-state index contributed by atoms with van der Waals surface area (Å²) in [4.78, 5) is 5.74. The Labute approximate surface area is 130 Å². The number of hydrogen-bond donors (Lipinski definition) is 2. The van der Waals surface area contributed by atoms with Crippen LogP contribution in [0.3, 0.4) is 0 Å². The predicted molar refractivity (Wildman–Crippen MR) is 84.8 cm³/mol. The normalized spacial score (nSPS) is 17.0. The van der Waals surface area contributed by atoms with Gasteiger partial charge in [0.1, 0.15) is 12.0 Å². The predicted octanol–water partition coefficient (Wildman–Crippen LogP) is 3.85. The van der Waals surface area contributed by atoms with E-state index in [2.05, 4.69) is 4.99 Å². The molecule has 0 spiro atoms. The summed E-state index contributed by atoms with van der Waals surface area (Å²) in [6.45, 7) is 0. The third kappa shape index (κ3) is 2.44. The van der Waals surface area contributed by atoms with Crippen LogP contribution in [0, 0.1) is 5.82 Å².